The normalized spacial score (nSPS) is 20.8. The van der Waals surface area contributed by atoms with Crippen molar-refractivity contribution in [1.29, 1.82) is 0 Å². The summed E-state index contributed by atoms with van der Waals surface area (Å²) in [6.45, 7) is 4.71. The van der Waals surface area contributed by atoms with Gasteiger partial charge in [0, 0.05) is 26.1 Å². The molecule has 0 saturated carbocycles. The van der Waals surface area contributed by atoms with E-state index in [-0.39, 0.29) is 12.4 Å². The first kappa shape index (κ1) is 17.3. The third-order valence-electron chi connectivity index (χ3n) is 3.71. The largest absolute Gasteiger partial charge is 1.00 e. The SMILES string of the molecule is CC1(C)CC(c2nc(-c3ccc(Br)cc3)cs2)CCS1.[Cl-]. The second kappa shape index (κ2) is 7.03. The van der Waals surface area contributed by atoms with E-state index in [0.717, 1.165) is 10.2 Å². The molecule has 1 aliphatic heterocycles. The Bertz CT molecular complexity index is 595. The number of rotatable bonds is 2. The lowest BCUT2D eigenvalue weighted by Crippen LogP contribution is -3.00. The highest BCUT2D eigenvalue weighted by atomic mass is 79.9. The lowest BCUT2D eigenvalue weighted by Gasteiger charge is -2.33. The van der Waals surface area contributed by atoms with Crippen LogP contribution in [0.5, 0.6) is 0 Å². The fraction of sp³-hybridized carbons (Fsp3) is 0.438. The summed E-state index contributed by atoms with van der Waals surface area (Å²) in [5, 5.41) is 3.52. The maximum absolute atomic E-state index is 4.89. The minimum atomic E-state index is 0. The Morgan fingerprint density at radius 3 is 2.62 bits per heavy atom. The number of hydrogen-bond donors (Lipinski definition) is 0. The van der Waals surface area contributed by atoms with Crippen molar-refractivity contribution >= 4 is 39.0 Å². The van der Waals surface area contributed by atoms with Gasteiger partial charge in [-0.2, -0.15) is 11.8 Å². The van der Waals surface area contributed by atoms with Crippen molar-refractivity contribution < 1.29 is 12.4 Å². The molecule has 0 radical (unpaired) electrons. The van der Waals surface area contributed by atoms with Crippen LogP contribution in [0.1, 0.15) is 37.6 Å². The second-order valence-electron chi connectivity index (χ2n) is 5.88. The molecular formula is C16H18BrClNS2-. The monoisotopic (exact) mass is 402 g/mol. The Hall–Kier alpha value is -0.0300. The van der Waals surface area contributed by atoms with E-state index in [1.807, 2.05) is 11.3 Å². The van der Waals surface area contributed by atoms with E-state index in [2.05, 4.69) is 71.2 Å². The molecule has 1 atom stereocenters. The van der Waals surface area contributed by atoms with Gasteiger partial charge < -0.3 is 12.4 Å². The third kappa shape index (κ3) is 4.25. The molecule has 21 heavy (non-hydrogen) atoms. The van der Waals surface area contributed by atoms with E-state index in [1.165, 1.54) is 29.2 Å². The second-order valence-corrected chi connectivity index (χ2v) is 9.48. The van der Waals surface area contributed by atoms with Crippen molar-refractivity contribution in [2.45, 2.75) is 37.4 Å². The Morgan fingerprint density at radius 2 is 1.95 bits per heavy atom. The molecule has 2 aromatic rings. The summed E-state index contributed by atoms with van der Waals surface area (Å²) >= 11 is 7.40. The highest BCUT2D eigenvalue weighted by Crippen LogP contribution is 2.44. The highest BCUT2D eigenvalue weighted by molar-refractivity contribution is 9.10. The van der Waals surface area contributed by atoms with Gasteiger partial charge in [-0.15, -0.1) is 11.3 Å². The fourth-order valence-electron chi connectivity index (χ4n) is 2.67. The molecule has 1 aromatic heterocycles. The van der Waals surface area contributed by atoms with Crippen LogP contribution in [0, 0.1) is 0 Å². The van der Waals surface area contributed by atoms with Gasteiger partial charge in [0.2, 0.25) is 0 Å². The van der Waals surface area contributed by atoms with Gasteiger partial charge in [-0.1, -0.05) is 41.9 Å². The zero-order valence-corrected chi connectivity index (χ0v) is 16.1. The van der Waals surface area contributed by atoms with Crippen LogP contribution in [0.15, 0.2) is 34.1 Å². The molecular weight excluding hydrogens is 386 g/mol. The van der Waals surface area contributed by atoms with Gasteiger partial charge in [0.25, 0.3) is 0 Å². The third-order valence-corrected chi connectivity index (χ3v) is 6.63. The predicted octanol–water partition coefficient (Wildman–Crippen LogP) is 2.97. The van der Waals surface area contributed by atoms with E-state index in [0.29, 0.717) is 10.7 Å². The molecule has 1 nitrogen and oxygen atoms in total. The van der Waals surface area contributed by atoms with Gasteiger partial charge in [-0.3, -0.25) is 0 Å². The minimum absolute atomic E-state index is 0. The van der Waals surface area contributed by atoms with Crippen molar-refractivity contribution in [3.63, 3.8) is 0 Å². The number of hydrogen-bond acceptors (Lipinski definition) is 3. The molecule has 0 N–H and O–H groups in total. The van der Waals surface area contributed by atoms with Crippen LogP contribution in [0.3, 0.4) is 0 Å². The first-order valence-electron chi connectivity index (χ1n) is 6.89. The summed E-state index contributed by atoms with van der Waals surface area (Å²) in [7, 11) is 0. The summed E-state index contributed by atoms with van der Waals surface area (Å²) in [6, 6.07) is 8.41. The minimum Gasteiger partial charge on any atom is -1.00 e. The van der Waals surface area contributed by atoms with Crippen molar-refractivity contribution in [3.8, 4) is 11.3 Å². The number of nitrogens with zero attached hydrogens (tertiary/aromatic N) is 1. The molecule has 1 aromatic carbocycles. The Kier molecular flexibility index (Phi) is 5.80. The molecule has 1 unspecified atom stereocenters. The van der Waals surface area contributed by atoms with Gasteiger partial charge in [-0.05, 0) is 30.7 Å². The lowest BCUT2D eigenvalue weighted by atomic mass is 9.94. The summed E-state index contributed by atoms with van der Waals surface area (Å²) in [6.07, 6.45) is 2.51. The number of thioether (sulfide) groups is 1. The van der Waals surface area contributed by atoms with Crippen LogP contribution in [0.4, 0.5) is 0 Å². The van der Waals surface area contributed by atoms with Crippen molar-refractivity contribution in [1.82, 2.24) is 4.98 Å². The molecule has 114 valence electrons. The Balaban J connectivity index is 0.00000161. The van der Waals surface area contributed by atoms with Crippen molar-refractivity contribution in [2.75, 3.05) is 5.75 Å². The van der Waals surface area contributed by atoms with Gasteiger partial charge >= 0.3 is 0 Å². The van der Waals surface area contributed by atoms with Gasteiger partial charge in [-0.25, -0.2) is 4.98 Å². The zero-order valence-electron chi connectivity index (χ0n) is 12.1. The number of aromatic nitrogens is 1. The lowest BCUT2D eigenvalue weighted by molar-refractivity contribution is -0.00000410. The van der Waals surface area contributed by atoms with Crippen LogP contribution in [-0.4, -0.2) is 15.5 Å². The average molecular weight is 404 g/mol. The van der Waals surface area contributed by atoms with Crippen molar-refractivity contribution in [2.24, 2.45) is 0 Å². The molecule has 0 aliphatic carbocycles. The zero-order chi connectivity index (χ0) is 14.2. The molecule has 3 rings (SSSR count). The highest BCUT2D eigenvalue weighted by Gasteiger charge is 2.31. The van der Waals surface area contributed by atoms with Crippen LogP contribution < -0.4 is 12.4 Å². The van der Waals surface area contributed by atoms with Gasteiger partial charge in [0.1, 0.15) is 0 Å². The van der Waals surface area contributed by atoms with E-state index >= 15 is 0 Å². The average Bonchev–Trinajstić information content (AvgIpc) is 2.88. The number of thiazole rings is 1. The fourth-order valence-corrected chi connectivity index (χ4v) is 5.18. The molecule has 0 amide bonds. The Labute approximate surface area is 149 Å². The van der Waals surface area contributed by atoms with Gasteiger partial charge in [0.05, 0.1) is 10.7 Å². The van der Waals surface area contributed by atoms with Crippen molar-refractivity contribution in [3.05, 3.63) is 39.1 Å². The molecule has 2 heterocycles. The van der Waals surface area contributed by atoms with E-state index in [1.54, 1.807) is 0 Å². The Morgan fingerprint density at radius 1 is 1.24 bits per heavy atom. The summed E-state index contributed by atoms with van der Waals surface area (Å²) in [5.74, 6) is 1.89. The van der Waals surface area contributed by atoms with Crippen LogP contribution in [-0.2, 0) is 0 Å². The van der Waals surface area contributed by atoms with E-state index < -0.39 is 0 Å². The van der Waals surface area contributed by atoms with E-state index in [9.17, 15) is 0 Å². The molecule has 1 fully saturated rings. The summed E-state index contributed by atoms with van der Waals surface area (Å²) < 4.78 is 1.51. The van der Waals surface area contributed by atoms with Crippen LogP contribution >= 0.6 is 39.0 Å². The summed E-state index contributed by atoms with van der Waals surface area (Å²) in [4.78, 5) is 4.89. The standard InChI is InChI=1S/C16H18BrNS2.ClH/c1-16(2)9-12(7-8-20-16)15-18-14(10-19-15)11-3-5-13(17)6-4-11;/h3-6,10,12H,7-9H2,1-2H3;1H/p-1. The van der Waals surface area contributed by atoms with Crippen LogP contribution in [0.2, 0.25) is 0 Å². The molecule has 0 spiro atoms. The topological polar surface area (TPSA) is 12.9 Å². The number of benzene rings is 1. The summed E-state index contributed by atoms with van der Waals surface area (Å²) in [5.41, 5.74) is 2.33. The maximum Gasteiger partial charge on any atom is 0.0964 e. The molecule has 0 bridgehead atoms. The van der Waals surface area contributed by atoms with E-state index in [4.69, 9.17) is 4.98 Å². The predicted molar refractivity (Wildman–Crippen MR) is 93.8 cm³/mol. The quantitative estimate of drug-likeness (QED) is 0.764. The van der Waals surface area contributed by atoms with Crippen LogP contribution in [0.25, 0.3) is 11.3 Å². The molecule has 1 aliphatic rings. The van der Waals surface area contributed by atoms with Gasteiger partial charge in [0.15, 0.2) is 0 Å². The first-order valence-corrected chi connectivity index (χ1v) is 9.55. The molecule has 5 heteroatoms. The smallest absolute Gasteiger partial charge is 0.0964 e. The maximum atomic E-state index is 4.89. The molecule has 1 saturated heterocycles. The number of halogens is 2. The first-order chi connectivity index (χ1) is 9.53.